The number of hydrogen-bond acceptors (Lipinski definition) is 4. The molecular formula is C17H17ClN2O4. The van der Waals surface area contributed by atoms with Gasteiger partial charge >= 0.3 is 5.69 Å². The van der Waals surface area contributed by atoms with Crippen LogP contribution in [0, 0.1) is 10.1 Å². The molecule has 0 saturated heterocycles. The van der Waals surface area contributed by atoms with Crippen LogP contribution in [-0.4, -0.2) is 28.9 Å². The number of nitrogens with zero attached hydrogens (tertiary/aromatic N) is 2. The smallest absolute Gasteiger partial charge is 0.310 e. The summed E-state index contributed by atoms with van der Waals surface area (Å²) in [7, 11) is 0. The predicted molar refractivity (Wildman–Crippen MR) is 91.1 cm³/mol. The van der Waals surface area contributed by atoms with E-state index < -0.39 is 4.92 Å². The highest BCUT2D eigenvalue weighted by Crippen LogP contribution is 2.25. The summed E-state index contributed by atoms with van der Waals surface area (Å²) in [5.74, 6) is -0.176. The molecule has 6 nitrogen and oxygen atoms in total. The molecule has 0 radical (unpaired) electrons. The van der Waals surface area contributed by atoms with Crippen molar-refractivity contribution in [2.45, 2.75) is 13.5 Å². The van der Waals surface area contributed by atoms with Crippen LogP contribution in [-0.2, 0) is 11.3 Å². The van der Waals surface area contributed by atoms with Gasteiger partial charge in [-0.3, -0.25) is 14.9 Å². The van der Waals surface area contributed by atoms with Crippen molar-refractivity contribution in [1.82, 2.24) is 4.90 Å². The zero-order chi connectivity index (χ0) is 17.5. The summed E-state index contributed by atoms with van der Waals surface area (Å²) in [6, 6.07) is 13.2. The lowest BCUT2D eigenvalue weighted by molar-refractivity contribution is -0.385. The summed E-state index contributed by atoms with van der Waals surface area (Å²) in [6.07, 6.45) is 0. The molecule has 2 rings (SSSR count). The van der Waals surface area contributed by atoms with Gasteiger partial charge in [0.25, 0.3) is 5.91 Å². The Morgan fingerprint density at radius 1 is 1.25 bits per heavy atom. The quantitative estimate of drug-likeness (QED) is 0.565. The zero-order valence-corrected chi connectivity index (χ0v) is 13.9. The second-order valence-corrected chi connectivity index (χ2v) is 5.49. The Bertz CT molecular complexity index is 736. The minimum absolute atomic E-state index is 0.0784. The van der Waals surface area contributed by atoms with Crippen LogP contribution in [0.2, 0.25) is 5.02 Å². The summed E-state index contributed by atoms with van der Waals surface area (Å²) < 4.78 is 5.35. The SMILES string of the molecule is CCN(Cc1cccc(Cl)c1)C(=O)COc1ccccc1[N+](=O)[O-]. The second kappa shape index (κ2) is 8.31. The third-order valence-corrected chi connectivity index (χ3v) is 3.65. The van der Waals surface area contributed by atoms with Crippen LogP contribution >= 0.6 is 11.6 Å². The predicted octanol–water partition coefficient (Wildman–Crippen LogP) is 3.68. The van der Waals surface area contributed by atoms with Gasteiger partial charge < -0.3 is 9.64 Å². The number of benzene rings is 2. The molecule has 0 aliphatic heterocycles. The first-order valence-corrected chi connectivity index (χ1v) is 7.77. The fourth-order valence-electron chi connectivity index (χ4n) is 2.19. The Kier molecular flexibility index (Phi) is 6.14. The molecule has 0 N–H and O–H groups in total. The fourth-order valence-corrected chi connectivity index (χ4v) is 2.41. The maximum Gasteiger partial charge on any atom is 0.310 e. The van der Waals surface area contributed by atoms with E-state index in [-0.39, 0.29) is 24.0 Å². The Labute approximate surface area is 144 Å². The molecule has 0 fully saturated rings. The number of amides is 1. The van der Waals surface area contributed by atoms with Gasteiger partial charge in [-0.1, -0.05) is 35.9 Å². The molecule has 0 heterocycles. The van der Waals surface area contributed by atoms with Crippen molar-refractivity contribution in [2.24, 2.45) is 0 Å². The van der Waals surface area contributed by atoms with E-state index in [1.54, 1.807) is 29.2 Å². The number of ether oxygens (including phenoxy) is 1. The van der Waals surface area contributed by atoms with Crippen LogP contribution in [0.3, 0.4) is 0 Å². The zero-order valence-electron chi connectivity index (χ0n) is 13.1. The molecule has 0 aliphatic carbocycles. The average Bonchev–Trinajstić information content (AvgIpc) is 2.57. The molecule has 2 aromatic rings. The summed E-state index contributed by atoms with van der Waals surface area (Å²) >= 11 is 5.95. The number of para-hydroxylation sites is 2. The Morgan fingerprint density at radius 3 is 2.67 bits per heavy atom. The van der Waals surface area contributed by atoms with Crippen LogP contribution < -0.4 is 4.74 Å². The van der Waals surface area contributed by atoms with Gasteiger partial charge in [-0.25, -0.2) is 0 Å². The number of hydrogen-bond donors (Lipinski definition) is 0. The highest BCUT2D eigenvalue weighted by molar-refractivity contribution is 6.30. The average molecular weight is 349 g/mol. The first kappa shape index (κ1) is 17.7. The van der Waals surface area contributed by atoms with E-state index in [0.29, 0.717) is 18.1 Å². The molecule has 0 bridgehead atoms. The lowest BCUT2D eigenvalue weighted by atomic mass is 10.2. The third kappa shape index (κ3) is 4.70. The van der Waals surface area contributed by atoms with E-state index in [0.717, 1.165) is 5.56 Å². The van der Waals surface area contributed by atoms with E-state index in [4.69, 9.17) is 16.3 Å². The number of likely N-dealkylation sites (N-methyl/N-ethyl adjacent to an activating group) is 1. The number of carbonyl (C=O) groups excluding carboxylic acids is 1. The fraction of sp³-hybridized carbons (Fsp3) is 0.235. The highest BCUT2D eigenvalue weighted by atomic mass is 35.5. The monoisotopic (exact) mass is 348 g/mol. The van der Waals surface area contributed by atoms with Crippen molar-refractivity contribution in [3.05, 3.63) is 69.2 Å². The van der Waals surface area contributed by atoms with Gasteiger partial charge in [0.05, 0.1) is 4.92 Å². The van der Waals surface area contributed by atoms with Gasteiger partial charge in [-0.05, 0) is 30.7 Å². The maximum absolute atomic E-state index is 12.3. The molecule has 24 heavy (non-hydrogen) atoms. The van der Waals surface area contributed by atoms with Crippen molar-refractivity contribution in [3.8, 4) is 5.75 Å². The van der Waals surface area contributed by atoms with Gasteiger partial charge in [0.15, 0.2) is 12.4 Å². The van der Waals surface area contributed by atoms with E-state index in [1.165, 1.54) is 12.1 Å². The minimum atomic E-state index is -0.538. The van der Waals surface area contributed by atoms with Crippen LogP contribution in [0.5, 0.6) is 5.75 Å². The molecule has 126 valence electrons. The van der Waals surface area contributed by atoms with Crippen molar-refractivity contribution in [1.29, 1.82) is 0 Å². The maximum atomic E-state index is 12.3. The summed E-state index contributed by atoms with van der Waals surface area (Å²) in [5.41, 5.74) is 0.742. The van der Waals surface area contributed by atoms with Crippen molar-refractivity contribution >= 4 is 23.2 Å². The molecule has 2 aromatic carbocycles. The lowest BCUT2D eigenvalue weighted by Crippen LogP contribution is -2.34. The van der Waals surface area contributed by atoms with E-state index >= 15 is 0 Å². The standard InChI is InChI=1S/C17H17ClN2O4/c1-2-19(11-13-6-5-7-14(18)10-13)17(21)12-24-16-9-4-3-8-15(16)20(22)23/h3-10H,2,11-12H2,1H3. The van der Waals surface area contributed by atoms with Gasteiger partial charge in [-0.15, -0.1) is 0 Å². The topological polar surface area (TPSA) is 72.7 Å². The second-order valence-electron chi connectivity index (χ2n) is 5.05. The molecule has 1 amide bonds. The lowest BCUT2D eigenvalue weighted by Gasteiger charge is -2.21. The molecule has 7 heteroatoms. The van der Waals surface area contributed by atoms with Gasteiger partial charge in [-0.2, -0.15) is 0 Å². The largest absolute Gasteiger partial charge is 0.477 e. The summed E-state index contributed by atoms with van der Waals surface area (Å²) in [6.45, 7) is 2.48. The first-order chi connectivity index (χ1) is 11.5. The number of nitro groups is 1. The molecule has 0 spiro atoms. The van der Waals surface area contributed by atoms with Gasteiger partial charge in [0, 0.05) is 24.2 Å². The normalized spacial score (nSPS) is 10.2. The van der Waals surface area contributed by atoms with Crippen LogP contribution in [0.4, 0.5) is 5.69 Å². The Balaban J connectivity index is 2.01. The Hall–Kier alpha value is -2.60. The molecule has 0 atom stereocenters. The van der Waals surface area contributed by atoms with Crippen LogP contribution in [0.1, 0.15) is 12.5 Å². The first-order valence-electron chi connectivity index (χ1n) is 7.39. The van der Waals surface area contributed by atoms with Crippen molar-refractivity contribution in [2.75, 3.05) is 13.2 Å². The third-order valence-electron chi connectivity index (χ3n) is 3.41. The number of nitro benzene ring substituents is 1. The van der Waals surface area contributed by atoms with Crippen LogP contribution in [0.15, 0.2) is 48.5 Å². The molecule has 0 aliphatic rings. The van der Waals surface area contributed by atoms with E-state index in [2.05, 4.69) is 0 Å². The number of halogens is 1. The number of carbonyl (C=O) groups is 1. The summed E-state index contributed by atoms with van der Waals surface area (Å²) in [5, 5.41) is 11.6. The molecular weight excluding hydrogens is 332 g/mol. The van der Waals surface area contributed by atoms with Gasteiger partial charge in [0.1, 0.15) is 0 Å². The van der Waals surface area contributed by atoms with Crippen molar-refractivity contribution in [3.63, 3.8) is 0 Å². The van der Waals surface area contributed by atoms with Gasteiger partial charge in [0.2, 0.25) is 0 Å². The Morgan fingerprint density at radius 2 is 2.00 bits per heavy atom. The van der Waals surface area contributed by atoms with Crippen molar-refractivity contribution < 1.29 is 14.5 Å². The molecule has 0 unspecified atom stereocenters. The number of rotatable bonds is 7. The van der Waals surface area contributed by atoms with E-state index in [1.807, 2.05) is 19.1 Å². The van der Waals surface area contributed by atoms with E-state index in [9.17, 15) is 14.9 Å². The summed E-state index contributed by atoms with van der Waals surface area (Å²) in [4.78, 5) is 24.3. The molecule has 0 aromatic heterocycles. The molecule has 0 saturated carbocycles. The minimum Gasteiger partial charge on any atom is -0.477 e. The van der Waals surface area contributed by atoms with Crippen LogP contribution in [0.25, 0.3) is 0 Å². The highest BCUT2D eigenvalue weighted by Gasteiger charge is 2.17.